The van der Waals surface area contributed by atoms with Crippen molar-refractivity contribution in [2.45, 2.75) is 13.8 Å². The Morgan fingerprint density at radius 1 is 0.304 bits per heavy atom. The minimum absolute atomic E-state index is 1.12. The summed E-state index contributed by atoms with van der Waals surface area (Å²) in [5, 5.41) is 4.89. The molecule has 268 valence electrons. The maximum atomic E-state index is 2.43. The molecular weight excluding hydrogens is 677 g/mol. The Morgan fingerprint density at radius 2 is 0.643 bits per heavy atom. The van der Waals surface area contributed by atoms with Gasteiger partial charge in [0.05, 0.1) is 5.69 Å². The van der Waals surface area contributed by atoms with Gasteiger partial charge in [0.1, 0.15) is 0 Å². The van der Waals surface area contributed by atoms with Crippen LogP contribution in [0.1, 0.15) is 22.3 Å². The van der Waals surface area contributed by atoms with Crippen LogP contribution in [0.2, 0.25) is 0 Å². The molecule has 0 bridgehead atoms. The number of fused-ring (bicyclic) bond motifs is 2. The van der Waals surface area contributed by atoms with Gasteiger partial charge in [0.15, 0.2) is 0 Å². The van der Waals surface area contributed by atoms with Crippen LogP contribution in [0.15, 0.2) is 206 Å². The minimum atomic E-state index is 1.12. The second kappa shape index (κ2) is 15.3. The summed E-state index contributed by atoms with van der Waals surface area (Å²) in [7, 11) is 0. The Bertz CT molecular complexity index is 2630. The van der Waals surface area contributed by atoms with Gasteiger partial charge in [-0.05, 0) is 108 Å². The van der Waals surface area contributed by atoms with E-state index in [4.69, 9.17) is 0 Å². The Balaban J connectivity index is 1.07. The maximum absolute atomic E-state index is 2.43. The summed E-state index contributed by atoms with van der Waals surface area (Å²) in [6, 6.07) is 74.3. The number of hydrogen-bond donors (Lipinski definition) is 0. The topological polar surface area (TPSA) is 6.48 Å². The van der Waals surface area contributed by atoms with Gasteiger partial charge in [0.25, 0.3) is 0 Å². The van der Waals surface area contributed by atoms with Gasteiger partial charge in [-0.25, -0.2) is 0 Å². The third kappa shape index (κ3) is 6.85. The molecule has 2 nitrogen and oxygen atoms in total. The fraction of sp³-hybridized carbons (Fsp3) is 0.0370. The fourth-order valence-electron chi connectivity index (χ4n) is 7.74. The first-order valence-corrected chi connectivity index (χ1v) is 19.3. The maximum Gasteiger partial charge on any atom is 0.0618 e. The molecular formula is C54H42N2. The molecule has 0 amide bonds. The first-order chi connectivity index (χ1) is 27.6. The lowest BCUT2D eigenvalue weighted by Gasteiger charge is -2.29. The molecule has 2 heteroatoms. The van der Waals surface area contributed by atoms with Crippen molar-refractivity contribution >= 4 is 67.8 Å². The molecule has 9 rings (SSSR count). The molecule has 0 N–H and O–H groups in total. The molecule has 0 atom stereocenters. The predicted molar refractivity (Wildman–Crippen MR) is 241 cm³/mol. The normalized spacial score (nSPS) is 11.3. The number of anilines is 6. The Hall–Kier alpha value is -7.16. The first-order valence-electron chi connectivity index (χ1n) is 19.3. The SMILES string of the molecule is Cc1ccc(N(c2ccc(C)cc2)c2c3ccccc3c(-c3ccc(/C=C/c4ccc(N(c5ccccc5)c5ccccc5)cc4)cc3)c3ccccc23)cc1. The Kier molecular flexibility index (Phi) is 9.45. The van der Waals surface area contributed by atoms with Gasteiger partial charge < -0.3 is 9.80 Å². The lowest BCUT2D eigenvalue weighted by atomic mass is 9.89. The van der Waals surface area contributed by atoms with E-state index in [0.717, 1.165) is 39.6 Å². The van der Waals surface area contributed by atoms with Gasteiger partial charge in [0, 0.05) is 39.2 Å². The van der Waals surface area contributed by atoms with E-state index in [1.54, 1.807) is 0 Å². The highest BCUT2D eigenvalue weighted by atomic mass is 15.1. The summed E-state index contributed by atoms with van der Waals surface area (Å²) in [4.78, 5) is 4.71. The zero-order valence-electron chi connectivity index (χ0n) is 31.7. The zero-order chi connectivity index (χ0) is 37.8. The fourth-order valence-corrected chi connectivity index (χ4v) is 7.74. The lowest BCUT2D eigenvalue weighted by Crippen LogP contribution is -2.11. The smallest absolute Gasteiger partial charge is 0.0618 e. The molecule has 0 radical (unpaired) electrons. The van der Waals surface area contributed by atoms with E-state index >= 15 is 0 Å². The monoisotopic (exact) mass is 718 g/mol. The third-order valence-electron chi connectivity index (χ3n) is 10.6. The lowest BCUT2D eigenvalue weighted by molar-refractivity contribution is 1.28. The van der Waals surface area contributed by atoms with Crippen LogP contribution in [0.5, 0.6) is 0 Å². The second-order valence-corrected chi connectivity index (χ2v) is 14.4. The number of para-hydroxylation sites is 2. The largest absolute Gasteiger partial charge is 0.311 e. The zero-order valence-corrected chi connectivity index (χ0v) is 31.7. The summed E-state index contributed by atoms with van der Waals surface area (Å²) in [6.07, 6.45) is 4.39. The highest BCUT2D eigenvalue weighted by Gasteiger charge is 2.22. The van der Waals surface area contributed by atoms with Gasteiger partial charge >= 0.3 is 0 Å². The van der Waals surface area contributed by atoms with E-state index in [9.17, 15) is 0 Å². The van der Waals surface area contributed by atoms with Crippen LogP contribution < -0.4 is 9.80 Å². The van der Waals surface area contributed by atoms with Crippen LogP contribution in [0.25, 0.3) is 44.8 Å². The molecule has 0 spiro atoms. The van der Waals surface area contributed by atoms with Crippen LogP contribution in [-0.4, -0.2) is 0 Å². The van der Waals surface area contributed by atoms with E-state index in [2.05, 4.69) is 242 Å². The number of rotatable bonds is 9. The van der Waals surface area contributed by atoms with Crippen molar-refractivity contribution in [3.8, 4) is 11.1 Å². The van der Waals surface area contributed by atoms with E-state index in [1.165, 1.54) is 49.5 Å². The summed E-state index contributed by atoms with van der Waals surface area (Å²) in [5.74, 6) is 0. The minimum Gasteiger partial charge on any atom is -0.311 e. The highest BCUT2D eigenvalue weighted by molar-refractivity contribution is 6.22. The van der Waals surface area contributed by atoms with Gasteiger partial charge in [-0.15, -0.1) is 0 Å². The van der Waals surface area contributed by atoms with Gasteiger partial charge in [-0.1, -0.05) is 169 Å². The van der Waals surface area contributed by atoms with Crippen molar-refractivity contribution in [1.29, 1.82) is 0 Å². The van der Waals surface area contributed by atoms with Gasteiger partial charge in [0.2, 0.25) is 0 Å². The van der Waals surface area contributed by atoms with E-state index in [0.29, 0.717) is 0 Å². The molecule has 0 heterocycles. The summed E-state index contributed by atoms with van der Waals surface area (Å²) in [6.45, 7) is 4.29. The van der Waals surface area contributed by atoms with Crippen molar-refractivity contribution in [3.05, 3.63) is 229 Å². The molecule has 0 saturated heterocycles. The molecule has 9 aromatic carbocycles. The standard InChI is InChI=1S/C54H42N2/c1-39-21-33-47(34-22-39)56(48-35-23-40(2)24-36-48)54-51-19-11-9-17-49(51)53(50-18-10-12-20-52(50)54)43-31-27-41(28-32-43)25-26-42-29-37-46(38-30-42)55(44-13-5-3-6-14-44)45-15-7-4-8-16-45/h3-38H,1-2H3/b26-25+. The molecule has 56 heavy (non-hydrogen) atoms. The average molecular weight is 719 g/mol. The van der Waals surface area contributed by atoms with Crippen molar-refractivity contribution in [1.82, 2.24) is 0 Å². The van der Waals surface area contributed by atoms with Gasteiger partial charge in [-0.3, -0.25) is 0 Å². The summed E-state index contributed by atoms with van der Waals surface area (Å²) < 4.78 is 0. The average Bonchev–Trinajstić information content (AvgIpc) is 3.25. The second-order valence-electron chi connectivity index (χ2n) is 14.4. The predicted octanol–water partition coefficient (Wildman–Crippen LogP) is 15.4. The molecule has 0 aliphatic carbocycles. The molecule has 0 fully saturated rings. The van der Waals surface area contributed by atoms with E-state index < -0.39 is 0 Å². The summed E-state index contributed by atoms with van der Waals surface area (Å²) >= 11 is 0. The van der Waals surface area contributed by atoms with Crippen LogP contribution in [-0.2, 0) is 0 Å². The van der Waals surface area contributed by atoms with Crippen molar-refractivity contribution in [2.24, 2.45) is 0 Å². The summed E-state index contributed by atoms with van der Waals surface area (Å²) in [5.41, 5.74) is 14.1. The quantitative estimate of drug-likeness (QED) is 0.108. The Labute approximate surface area is 329 Å². The molecule has 9 aromatic rings. The van der Waals surface area contributed by atoms with Crippen molar-refractivity contribution < 1.29 is 0 Å². The molecule has 0 unspecified atom stereocenters. The van der Waals surface area contributed by atoms with Crippen molar-refractivity contribution in [3.63, 3.8) is 0 Å². The number of hydrogen-bond acceptors (Lipinski definition) is 2. The number of aryl methyl sites for hydroxylation is 2. The highest BCUT2D eigenvalue weighted by Crippen LogP contribution is 2.48. The van der Waals surface area contributed by atoms with E-state index in [1.807, 2.05) is 0 Å². The molecule has 0 saturated carbocycles. The van der Waals surface area contributed by atoms with E-state index in [-0.39, 0.29) is 0 Å². The first kappa shape index (κ1) is 34.6. The molecule has 0 aliphatic heterocycles. The van der Waals surface area contributed by atoms with Crippen molar-refractivity contribution in [2.75, 3.05) is 9.80 Å². The van der Waals surface area contributed by atoms with Gasteiger partial charge in [-0.2, -0.15) is 0 Å². The molecule has 0 aromatic heterocycles. The van der Waals surface area contributed by atoms with Crippen LogP contribution in [0.3, 0.4) is 0 Å². The number of nitrogens with zero attached hydrogens (tertiary/aromatic N) is 2. The third-order valence-corrected chi connectivity index (χ3v) is 10.6. The van der Waals surface area contributed by atoms with Crippen LogP contribution >= 0.6 is 0 Å². The number of benzene rings is 9. The van der Waals surface area contributed by atoms with Crippen LogP contribution in [0.4, 0.5) is 34.1 Å². The van der Waals surface area contributed by atoms with Crippen LogP contribution in [0, 0.1) is 13.8 Å². The molecule has 0 aliphatic rings. The Morgan fingerprint density at radius 3 is 1.09 bits per heavy atom.